The van der Waals surface area contributed by atoms with Gasteiger partial charge >= 0.3 is 0 Å². The Kier molecular flexibility index (Phi) is 5.03. The van der Waals surface area contributed by atoms with E-state index in [1.807, 2.05) is 0 Å². The van der Waals surface area contributed by atoms with E-state index in [1.54, 1.807) is 0 Å². The third kappa shape index (κ3) is 3.51. The zero-order chi connectivity index (χ0) is 14.6. The second kappa shape index (κ2) is 6.57. The molecule has 112 valence electrons. The van der Waals surface area contributed by atoms with Crippen molar-refractivity contribution in [3.05, 3.63) is 23.9 Å². The monoisotopic (exact) mass is 275 g/mol. The Balaban J connectivity index is 2.05. The molecule has 0 aliphatic carbocycles. The van der Waals surface area contributed by atoms with Crippen molar-refractivity contribution in [3.63, 3.8) is 0 Å². The normalized spacial score (nSPS) is 17.9. The molecule has 0 aromatic carbocycles. The molecule has 1 fully saturated rings. The van der Waals surface area contributed by atoms with Gasteiger partial charge in [0.25, 0.3) is 0 Å². The molecule has 1 aromatic heterocycles. The van der Waals surface area contributed by atoms with E-state index in [0.717, 1.165) is 31.1 Å². The van der Waals surface area contributed by atoms with Gasteiger partial charge < -0.3 is 10.2 Å². The number of pyridine rings is 1. The lowest BCUT2D eigenvalue weighted by atomic mass is 9.82. The fraction of sp³-hybridized carbons (Fsp3) is 0.706. The molecule has 2 heterocycles. The van der Waals surface area contributed by atoms with E-state index >= 15 is 0 Å². The van der Waals surface area contributed by atoms with Crippen molar-refractivity contribution in [2.45, 2.75) is 59.5 Å². The van der Waals surface area contributed by atoms with Gasteiger partial charge in [0, 0.05) is 25.7 Å². The Morgan fingerprint density at radius 2 is 2.05 bits per heavy atom. The highest BCUT2D eigenvalue weighted by molar-refractivity contribution is 5.41. The smallest absolute Gasteiger partial charge is 0.128 e. The average Bonchev–Trinajstić information content (AvgIpc) is 2.91. The van der Waals surface area contributed by atoms with Crippen molar-refractivity contribution in [2.24, 2.45) is 5.41 Å². The zero-order valence-electron chi connectivity index (χ0n) is 13.4. The summed E-state index contributed by atoms with van der Waals surface area (Å²) in [6.45, 7) is 12.1. The number of nitrogens with one attached hydrogen (secondary N) is 1. The largest absolute Gasteiger partial charge is 0.356 e. The third-order valence-electron chi connectivity index (χ3n) is 4.75. The predicted molar refractivity (Wildman–Crippen MR) is 86.1 cm³/mol. The SMILES string of the molecule is CCC1(CC)CCN(c2cccc(CNC(C)C)n2)C1. The van der Waals surface area contributed by atoms with Gasteiger partial charge in [0.1, 0.15) is 5.82 Å². The van der Waals surface area contributed by atoms with Crippen LogP contribution in [0.15, 0.2) is 18.2 Å². The molecule has 0 atom stereocenters. The van der Waals surface area contributed by atoms with Crippen LogP contribution in [0.3, 0.4) is 0 Å². The summed E-state index contributed by atoms with van der Waals surface area (Å²) >= 11 is 0. The number of nitrogens with zero attached hydrogens (tertiary/aromatic N) is 2. The lowest BCUT2D eigenvalue weighted by Crippen LogP contribution is -2.27. The van der Waals surface area contributed by atoms with Crippen molar-refractivity contribution in [1.29, 1.82) is 0 Å². The van der Waals surface area contributed by atoms with Crippen molar-refractivity contribution in [1.82, 2.24) is 10.3 Å². The van der Waals surface area contributed by atoms with E-state index in [4.69, 9.17) is 4.98 Å². The molecular formula is C17H29N3. The third-order valence-corrected chi connectivity index (χ3v) is 4.75. The fourth-order valence-corrected chi connectivity index (χ4v) is 3.01. The highest BCUT2D eigenvalue weighted by Crippen LogP contribution is 2.38. The lowest BCUT2D eigenvalue weighted by Gasteiger charge is -2.26. The van der Waals surface area contributed by atoms with Crippen molar-refractivity contribution in [3.8, 4) is 0 Å². The molecule has 0 bridgehead atoms. The lowest BCUT2D eigenvalue weighted by molar-refractivity contribution is 0.301. The fourth-order valence-electron chi connectivity index (χ4n) is 3.01. The number of anilines is 1. The number of hydrogen-bond acceptors (Lipinski definition) is 3. The molecule has 1 saturated heterocycles. The Labute approximate surface area is 123 Å². The number of hydrogen-bond donors (Lipinski definition) is 1. The molecule has 0 amide bonds. The van der Waals surface area contributed by atoms with Crippen molar-refractivity contribution < 1.29 is 0 Å². The molecule has 1 aliphatic rings. The van der Waals surface area contributed by atoms with Gasteiger partial charge in [0.05, 0.1) is 5.69 Å². The van der Waals surface area contributed by atoms with Gasteiger partial charge in [-0.05, 0) is 36.8 Å². The minimum absolute atomic E-state index is 0.500. The van der Waals surface area contributed by atoms with Crippen molar-refractivity contribution >= 4 is 5.82 Å². The standard InChI is InChI=1S/C17H29N3/c1-5-17(6-2)10-11-20(13-17)16-9-7-8-15(19-16)12-18-14(3)4/h7-9,14,18H,5-6,10-13H2,1-4H3. The molecule has 0 spiro atoms. The molecule has 3 heteroatoms. The Bertz CT molecular complexity index is 424. The molecule has 1 aromatic rings. The summed E-state index contributed by atoms with van der Waals surface area (Å²) in [4.78, 5) is 7.29. The van der Waals surface area contributed by atoms with E-state index in [-0.39, 0.29) is 0 Å². The summed E-state index contributed by atoms with van der Waals surface area (Å²) in [6.07, 6.45) is 3.85. The maximum Gasteiger partial charge on any atom is 0.128 e. The van der Waals surface area contributed by atoms with Gasteiger partial charge in [-0.1, -0.05) is 33.8 Å². The van der Waals surface area contributed by atoms with Crippen LogP contribution in [0.4, 0.5) is 5.82 Å². The summed E-state index contributed by atoms with van der Waals surface area (Å²) in [7, 11) is 0. The van der Waals surface area contributed by atoms with E-state index in [1.165, 1.54) is 19.3 Å². The molecular weight excluding hydrogens is 246 g/mol. The molecule has 1 N–H and O–H groups in total. The topological polar surface area (TPSA) is 28.2 Å². The van der Waals surface area contributed by atoms with Gasteiger partial charge in [-0.3, -0.25) is 0 Å². The Hall–Kier alpha value is -1.09. The van der Waals surface area contributed by atoms with E-state index in [9.17, 15) is 0 Å². The second-order valence-corrected chi connectivity index (χ2v) is 6.40. The maximum atomic E-state index is 4.82. The first-order valence-electron chi connectivity index (χ1n) is 8.03. The summed E-state index contributed by atoms with van der Waals surface area (Å²) < 4.78 is 0. The van der Waals surface area contributed by atoms with Crippen LogP contribution in [0.1, 0.15) is 52.7 Å². The van der Waals surface area contributed by atoms with Crippen LogP contribution < -0.4 is 10.2 Å². The molecule has 3 nitrogen and oxygen atoms in total. The predicted octanol–water partition coefficient (Wildman–Crippen LogP) is 3.60. The summed E-state index contributed by atoms with van der Waals surface area (Å²) in [5.74, 6) is 1.15. The molecule has 0 radical (unpaired) electrons. The van der Waals surface area contributed by atoms with Gasteiger partial charge in [-0.15, -0.1) is 0 Å². The molecule has 2 rings (SSSR count). The first kappa shape index (κ1) is 15.3. The first-order chi connectivity index (χ1) is 9.58. The minimum Gasteiger partial charge on any atom is -0.356 e. The van der Waals surface area contributed by atoms with Crippen LogP contribution in [0.5, 0.6) is 0 Å². The highest BCUT2D eigenvalue weighted by atomic mass is 15.2. The number of aromatic nitrogens is 1. The Morgan fingerprint density at radius 1 is 1.30 bits per heavy atom. The summed E-state index contributed by atoms with van der Waals surface area (Å²) in [5.41, 5.74) is 1.65. The van der Waals surface area contributed by atoms with Gasteiger partial charge in [-0.2, -0.15) is 0 Å². The first-order valence-corrected chi connectivity index (χ1v) is 8.03. The van der Waals surface area contributed by atoms with E-state index < -0.39 is 0 Å². The minimum atomic E-state index is 0.500. The molecule has 0 unspecified atom stereocenters. The summed E-state index contributed by atoms with van der Waals surface area (Å²) in [5, 5.41) is 3.44. The van der Waals surface area contributed by atoms with Crippen LogP contribution in [0, 0.1) is 5.41 Å². The van der Waals surface area contributed by atoms with Gasteiger partial charge in [0.15, 0.2) is 0 Å². The zero-order valence-corrected chi connectivity index (χ0v) is 13.4. The van der Waals surface area contributed by atoms with Crippen LogP contribution >= 0.6 is 0 Å². The van der Waals surface area contributed by atoms with Crippen LogP contribution in [0.25, 0.3) is 0 Å². The van der Waals surface area contributed by atoms with E-state index in [2.05, 4.69) is 56.1 Å². The summed E-state index contributed by atoms with van der Waals surface area (Å²) in [6, 6.07) is 6.90. The molecule has 0 saturated carbocycles. The Morgan fingerprint density at radius 3 is 2.65 bits per heavy atom. The number of rotatable bonds is 6. The average molecular weight is 275 g/mol. The van der Waals surface area contributed by atoms with Crippen LogP contribution in [-0.2, 0) is 6.54 Å². The van der Waals surface area contributed by atoms with E-state index in [0.29, 0.717) is 11.5 Å². The van der Waals surface area contributed by atoms with Crippen LogP contribution in [-0.4, -0.2) is 24.1 Å². The van der Waals surface area contributed by atoms with Gasteiger partial charge in [0.2, 0.25) is 0 Å². The van der Waals surface area contributed by atoms with Crippen LogP contribution in [0.2, 0.25) is 0 Å². The molecule has 20 heavy (non-hydrogen) atoms. The van der Waals surface area contributed by atoms with Crippen molar-refractivity contribution in [2.75, 3.05) is 18.0 Å². The maximum absolute atomic E-state index is 4.82. The quantitative estimate of drug-likeness (QED) is 0.860. The highest BCUT2D eigenvalue weighted by Gasteiger charge is 2.35. The second-order valence-electron chi connectivity index (χ2n) is 6.40. The van der Waals surface area contributed by atoms with Gasteiger partial charge in [-0.25, -0.2) is 4.98 Å². The molecule has 1 aliphatic heterocycles.